The number of likely N-dealkylation sites (tertiary alicyclic amines) is 1. The van der Waals surface area contributed by atoms with Crippen molar-refractivity contribution in [2.45, 2.75) is 44.9 Å². The summed E-state index contributed by atoms with van der Waals surface area (Å²) in [6.45, 7) is 9.03. The molecule has 1 atom stereocenters. The van der Waals surface area contributed by atoms with Crippen molar-refractivity contribution in [3.8, 4) is 0 Å². The van der Waals surface area contributed by atoms with Gasteiger partial charge in [0.15, 0.2) is 0 Å². The minimum atomic E-state index is 0.596. The molecular formula is C19H29N3O2. The van der Waals surface area contributed by atoms with Crippen LogP contribution in [0.1, 0.15) is 36.0 Å². The maximum absolute atomic E-state index is 5.96. The van der Waals surface area contributed by atoms with E-state index >= 15 is 0 Å². The first kappa shape index (κ1) is 16.5. The molecule has 24 heavy (non-hydrogen) atoms. The van der Waals surface area contributed by atoms with Gasteiger partial charge in [-0.05, 0) is 55.5 Å². The first-order chi connectivity index (χ1) is 11.9. The molecule has 0 aliphatic carbocycles. The van der Waals surface area contributed by atoms with Crippen LogP contribution in [0, 0.1) is 0 Å². The Hall–Kier alpha value is -1.01. The number of ether oxygens (including phenoxy) is 2. The predicted molar refractivity (Wildman–Crippen MR) is 92.9 cm³/mol. The molecule has 5 heteroatoms. The number of aromatic nitrogens is 1. The molecule has 0 spiro atoms. The van der Waals surface area contributed by atoms with E-state index in [9.17, 15) is 0 Å². The second-order valence-electron chi connectivity index (χ2n) is 7.28. The van der Waals surface area contributed by atoms with Gasteiger partial charge in [0.2, 0.25) is 0 Å². The normalized spacial score (nSPS) is 25.2. The molecule has 132 valence electrons. The molecule has 0 aromatic carbocycles. The average Bonchev–Trinajstić information content (AvgIpc) is 3.32. The SMILES string of the molecule is c1ncc2c(c1COCCN1CCCC1)CCN([C@@H]1CCOC1)C2. The summed E-state index contributed by atoms with van der Waals surface area (Å²) in [7, 11) is 0. The molecule has 3 aliphatic heterocycles. The zero-order valence-corrected chi connectivity index (χ0v) is 14.6. The maximum Gasteiger partial charge on any atom is 0.0735 e. The highest BCUT2D eigenvalue weighted by molar-refractivity contribution is 5.33. The monoisotopic (exact) mass is 331 g/mol. The molecule has 1 aromatic rings. The molecular weight excluding hydrogens is 302 g/mol. The van der Waals surface area contributed by atoms with Crippen LogP contribution in [0.15, 0.2) is 12.4 Å². The molecule has 0 saturated carbocycles. The number of hydrogen-bond donors (Lipinski definition) is 0. The van der Waals surface area contributed by atoms with Gasteiger partial charge in [-0.1, -0.05) is 0 Å². The Bertz CT molecular complexity index is 539. The Morgan fingerprint density at radius 2 is 2.12 bits per heavy atom. The number of pyridine rings is 1. The van der Waals surface area contributed by atoms with Gasteiger partial charge in [-0.25, -0.2) is 0 Å². The van der Waals surface area contributed by atoms with Crippen LogP contribution in [0.25, 0.3) is 0 Å². The Labute approximate surface area is 144 Å². The number of rotatable bonds is 6. The van der Waals surface area contributed by atoms with Gasteiger partial charge < -0.3 is 14.4 Å². The van der Waals surface area contributed by atoms with E-state index in [0.717, 1.165) is 45.9 Å². The molecule has 0 radical (unpaired) electrons. The standard InChI is InChI=1S/C19H29N3O2/c1-2-6-21(5-1)8-10-24-14-17-12-20-11-16-13-22(7-3-19(16)17)18-4-9-23-15-18/h11-12,18H,1-10,13-15H2/t18-/m1/s1. The molecule has 0 amide bonds. The van der Waals surface area contributed by atoms with Crippen LogP contribution in [0.4, 0.5) is 0 Å². The molecule has 2 fully saturated rings. The van der Waals surface area contributed by atoms with E-state index in [1.165, 1.54) is 49.0 Å². The van der Waals surface area contributed by atoms with E-state index in [4.69, 9.17) is 9.47 Å². The fourth-order valence-corrected chi connectivity index (χ4v) is 4.22. The summed E-state index contributed by atoms with van der Waals surface area (Å²) in [5, 5.41) is 0. The van der Waals surface area contributed by atoms with Crippen LogP contribution in [0.3, 0.4) is 0 Å². The van der Waals surface area contributed by atoms with Crippen molar-refractivity contribution in [1.29, 1.82) is 0 Å². The van der Waals surface area contributed by atoms with Crippen molar-refractivity contribution in [3.63, 3.8) is 0 Å². The van der Waals surface area contributed by atoms with E-state index in [0.29, 0.717) is 12.6 Å². The minimum Gasteiger partial charge on any atom is -0.380 e. The van der Waals surface area contributed by atoms with Gasteiger partial charge in [-0.3, -0.25) is 9.88 Å². The van der Waals surface area contributed by atoms with Gasteiger partial charge in [0, 0.05) is 44.7 Å². The fraction of sp³-hybridized carbons (Fsp3) is 0.737. The molecule has 0 unspecified atom stereocenters. The smallest absolute Gasteiger partial charge is 0.0735 e. The molecule has 5 nitrogen and oxygen atoms in total. The summed E-state index contributed by atoms with van der Waals surface area (Å²) in [5.74, 6) is 0. The molecule has 3 aliphatic rings. The fourth-order valence-electron chi connectivity index (χ4n) is 4.22. The molecule has 0 bridgehead atoms. The topological polar surface area (TPSA) is 37.8 Å². The number of hydrogen-bond acceptors (Lipinski definition) is 5. The third-order valence-corrected chi connectivity index (χ3v) is 5.69. The van der Waals surface area contributed by atoms with Crippen molar-refractivity contribution < 1.29 is 9.47 Å². The number of nitrogens with zero attached hydrogens (tertiary/aromatic N) is 3. The molecule has 2 saturated heterocycles. The Morgan fingerprint density at radius 3 is 2.96 bits per heavy atom. The lowest BCUT2D eigenvalue weighted by molar-refractivity contribution is 0.0974. The average molecular weight is 331 g/mol. The zero-order chi connectivity index (χ0) is 16.2. The highest BCUT2D eigenvalue weighted by atomic mass is 16.5. The third kappa shape index (κ3) is 3.80. The lowest BCUT2D eigenvalue weighted by Crippen LogP contribution is -2.40. The Balaban J connectivity index is 1.31. The lowest BCUT2D eigenvalue weighted by Gasteiger charge is -2.33. The van der Waals surface area contributed by atoms with Crippen LogP contribution in [0.5, 0.6) is 0 Å². The Morgan fingerprint density at radius 1 is 1.21 bits per heavy atom. The van der Waals surface area contributed by atoms with Crippen LogP contribution >= 0.6 is 0 Å². The van der Waals surface area contributed by atoms with Gasteiger partial charge in [0.05, 0.1) is 19.8 Å². The van der Waals surface area contributed by atoms with Gasteiger partial charge in [-0.2, -0.15) is 0 Å². The van der Waals surface area contributed by atoms with Crippen molar-refractivity contribution in [3.05, 3.63) is 29.1 Å². The largest absolute Gasteiger partial charge is 0.380 e. The molecule has 4 heterocycles. The molecule has 4 rings (SSSR count). The summed E-state index contributed by atoms with van der Waals surface area (Å²) >= 11 is 0. The van der Waals surface area contributed by atoms with Crippen molar-refractivity contribution >= 4 is 0 Å². The van der Waals surface area contributed by atoms with Gasteiger partial charge >= 0.3 is 0 Å². The van der Waals surface area contributed by atoms with Gasteiger partial charge in [0.1, 0.15) is 0 Å². The van der Waals surface area contributed by atoms with Crippen LogP contribution in [0.2, 0.25) is 0 Å². The third-order valence-electron chi connectivity index (χ3n) is 5.69. The molecule has 0 N–H and O–H groups in total. The quantitative estimate of drug-likeness (QED) is 0.744. The van der Waals surface area contributed by atoms with E-state index in [-0.39, 0.29) is 0 Å². The first-order valence-corrected chi connectivity index (χ1v) is 9.46. The van der Waals surface area contributed by atoms with E-state index in [1.54, 1.807) is 0 Å². The first-order valence-electron chi connectivity index (χ1n) is 9.46. The lowest BCUT2D eigenvalue weighted by atomic mass is 9.96. The molecule has 1 aromatic heterocycles. The summed E-state index contributed by atoms with van der Waals surface area (Å²) in [6.07, 6.45) is 9.02. The summed E-state index contributed by atoms with van der Waals surface area (Å²) in [4.78, 5) is 9.53. The maximum atomic E-state index is 5.96. The summed E-state index contributed by atoms with van der Waals surface area (Å²) < 4.78 is 11.5. The number of fused-ring (bicyclic) bond motifs is 1. The van der Waals surface area contributed by atoms with E-state index in [2.05, 4.69) is 14.8 Å². The van der Waals surface area contributed by atoms with Crippen LogP contribution in [-0.4, -0.2) is 66.8 Å². The minimum absolute atomic E-state index is 0.596. The van der Waals surface area contributed by atoms with Crippen molar-refractivity contribution in [1.82, 2.24) is 14.8 Å². The second kappa shape index (κ2) is 7.91. The van der Waals surface area contributed by atoms with E-state index in [1.807, 2.05) is 12.4 Å². The predicted octanol–water partition coefficient (Wildman–Crippen LogP) is 1.84. The summed E-state index contributed by atoms with van der Waals surface area (Å²) in [6, 6.07) is 0.596. The van der Waals surface area contributed by atoms with Crippen molar-refractivity contribution in [2.24, 2.45) is 0 Å². The van der Waals surface area contributed by atoms with E-state index < -0.39 is 0 Å². The second-order valence-corrected chi connectivity index (χ2v) is 7.28. The zero-order valence-electron chi connectivity index (χ0n) is 14.6. The highest BCUT2D eigenvalue weighted by Gasteiger charge is 2.27. The van der Waals surface area contributed by atoms with Crippen LogP contribution < -0.4 is 0 Å². The highest BCUT2D eigenvalue weighted by Crippen LogP contribution is 2.25. The van der Waals surface area contributed by atoms with Gasteiger partial charge in [-0.15, -0.1) is 0 Å². The van der Waals surface area contributed by atoms with Gasteiger partial charge in [0.25, 0.3) is 0 Å². The van der Waals surface area contributed by atoms with Crippen LogP contribution in [-0.2, 0) is 29.0 Å². The summed E-state index contributed by atoms with van der Waals surface area (Å²) in [5.41, 5.74) is 4.14. The van der Waals surface area contributed by atoms with Crippen molar-refractivity contribution in [2.75, 3.05) is 46.0 Å². The Kier molecular flexibility index (Phi) is 5.43.